The summed E-state index contributed by atoms with van der Waals surface area (Å²) >= 11 is 1.21. The van der Waals surface area contributed by atoms with Crippen LogP contribution in [0.2, 0.25) is 0 Å². The molecular formula is C23H25N5O5S. The van der Waals surface area contributed by atoms with Crippen molar-refractivity contribution in [1.29, 1.82) is 0 Å². The number of amides is 3. The Balaban J connectivity index is 1.23. The van der Waals surface area contributed by atoms with Crippen molar-refractivity contribution in [2.75, 3.05) is 55.4 Å². The third-order valence-corrected chi connectivity index (χ3v) is 5.99. The summed E-state index contributed by atoms with van der Waals surface area (Å²) in [5.74, 6) is -0.787. The molecule has 34 heavy (non-hydrogen) atoms. The number of nitrogens with one attached hydrogen (secondary N) is 2. The molecular weight excluding hydrogens is 458 g/mol. The van der Waals surface area contributed by atoms with Gasteiger partial charge in [-0.05, 0) is 36.4 Å². The second kappa shape index (κ2) is 10.9. The Morgan fingerprint density at radius 3 is 2.59 bits per heavy atom. The minimum Gasteiger partial charge on any atom is -0.459 e. The molecule has 2 aromatic heterocycles. The average Bonchev–Trinajstić information content (AvgIpc) is 3.52. The molecule has 178 valence electrons. The van der Waals surface area contributed by atoms with Gasteiger partial charge < -0.3 is 24.3 Å². The lowest BCUT2D eigenvalue weighted by Crippen LogP contribution is -2.36. The minimum atomic E-state index is -0.413. The molecule has 1 saturated heterocycles. The smallest absolute Gasteiger partial charge is 0.293 e. The molecule has 0 spiro atoms. The van der Waals surface area contributed by atoms with Crippen molar-refractivity contribution in [3.63, 3.8) is 0 Å². The SMILES string of the molecule is CN(CC(=O)Nc1ccc(N2CCOCC2)cc1)C(=O)Cc1csc(NC(=O)c2ccco2)n1. The monoisotopic (exact) mass is 483 g/mol. The molecule has 3 aromatic rings. The van der Waals surface area contributed by atoms with E-state index in [1.807, 2.05) is 24.3 Å². The third-order valence-electron chi connectivity index (χ3n) is 5.18. The molecule has 0 unspecified atom stereocenters. The fraction of sp³-hybridized carbons (Fsp3) is 0.304. The van der Waals surface area contributed by atoms with Gasteiger partial charge in [0.25, 0.3) is 5.91 Å². The number of carbonyl (C=O) groups excluding carboxylic acids is 3. The van der Waals surface area contributed by atoms with Crippen LogP contribution in [0.3, 0.4) is 0 Å². The first kappa shape index (κ1) is 23.5. The van der Waals surface area contributed by atoms with E-state index in [-0.39, 0.29) is 30.5 Å². The largest absolute Gasteiger partial charge is 0.459 e. The van der Waals surface area contributed by atoms with Gasteiger partial charge in [-0.3, -0.25) is 19.7 Å². The van der Waals surface area contributed by atoms with E-state index in [4.69, 9.17) is 9.15 Å². The van der Waals surface area contributed by atoms with Gasteiger partial charge in [-0.25, -0.2) is 4.98 Å². The average molecular weight is 484 g/mol. The van der Waals surface area contributed by atoms with Crippen LogP contribution in [0.25, 0.3) is 0 Å². The first-order chi connectivity index (χ1) is 16.5. The zero-order valence-corrected chi connectivity index (χ0v) is 19.5. The van der Waals surface area contributed by atoms with Crippen LogP contribution in [-0.4, -0.2) is 67.5 Å². The topological polar surface area (TPSA) is 117 Å². The number of likely N-dealkylation sites (N-methyl/N-ethyl adjacent to an activating group) is 1. The second-order valence-corrected chi connectivity index (χ2v) is 8.55. The maximum absolute atomic E-state index is 12.5. The third kappa shape index (κ3) is 6.21. The Bertz CT molecular complexity index is 1120. The molecule has 0 atom stereocenters. The van der Waals surface area contributed by atoms with E-state index in [1.54, 1.807) is 24.6 Å². The molecule has 0 radical (unpaired) electrons. The first-order valence-corrected chi connectivity index (χ1v) is 11.6. The lowest BCUT2D eigenvalue weighted by Gasteiger charge is -2.28. The lowest BCUT2D eigenvalue weighted by atomic mass is 10.2. The highest BCUT2D eigenvalue weighted by atomic mass is 32.1. The Morgan fingerprint density at radius 2 is 1.88 bits per heavy atom. The number of aromatic nitrogens is 1. The maximum Gasteiger partial charge on any atom is 0.293 e. The Hall–Kier alpha value is -3.70. The van der Waals surface area contributed by atoms with Gasteiger partial charge in [-0.15, -0.1) is 11.3 Å². The number of hydrogen-bond donors (Lipinski definition) is 2. The number of rotatable bonds is 8. The zero-order chi connectivity index (χ0) is 23.9. The molecule has 1 fully saturated rings. The Kier molecular flexibility index (Phi) is 7.55. The van der Waals surface area contributed by atoms with E-state index in [0.717, 1.165) is 18.8 Å². The standard InChI is InChI=1S/C23H25N5O5S/c1-27(14-20(29)24-16-4-6-18(7-5-16)28-8-11-32-12-9-28)21(30)13-17-15-34-23(25-17)26-22(31)19-3-2-10-33-19/h2-7,10,15H,8-9,11-14H2,1H3,(H,24,29)(H,25,26,31). The highest BCUT2D eigenvalue weighted by Crippen LogP contribution is 2.20. The van der Waals surface area contributed by atoms with Crippen LogP contribution in [-0.2, 0) is 20.7 Å². The van der Waals surface area contributed by atoms with Gasteiger partial charge in [0.15, 0.2) is 10.9 Å². The molecule has 2 N–H and O–H groups in total. The van der Waals surface area contributed by atoms with Crippen LogP contribution in [0, 0.1) is 0 Å². The number of nitrogens with zero attached hydrogens (tertiary/aromatic N) is 3. The van der Waals surface area contributed by atoms with Crippen molar-refractivity contribution in [3.8, 4) is 0 Å². The van der Waals surface area contributed by atoms with Gasteiger partial charge in [0.05, 0.1) is 38.1 Å². The molecule has 1 aliphatic rings. The molecule has 0 saturated carbocycles. The highest BCUT2D eigenvalue weighted by Gasteiger charge is 2.17. The number of anilines is 3. The maximum atomic E-state index is 12.5. The molecule has 0 aliphatic carbocycles. The van der Waals surface area contributed by atoms with Crippen LogP contribution >= 0.6 is 11.3 Å². The van der Waals surface area contributed by atoms with Crippen molar-refractivity contribution >= 4 is 45.6 Å². The summed E-state index contributed by atoms with van der Waals surface area (Å²) in [6.45, 7) is 3.02. The van der Waals surface area contributed by atoms with Crippen molar-refractivity contribution in [1.82, 2.24) is 9.88 Å². The van der Waals surface area contributed by atoms with Gasteiger partial charge in [0, 0.05) is 36.9 Å². The van der Waals surface area contributed by atoms with Crippen molar-refractivity contribution in [2.24, 2.45) is 0 Å². The summed E-state index contributed by atoms with van der Waals surface area (Å²) in [5, 5.41) is 7.50. The highest BCUT2D eigenvalue weighted by molar-refractivity contribution is 7.14. The van der Waals surface area contributed by atoms with E-state index >= 15 is 0 Å². The first-order valence-electron chi connectivity index (χ1n) is 10.7. The number of morpholine rings is 1. The number of benzene rings is 1. The summed E-state index contributed by atoms with van der Waals surface area (Å²) in [6, 6.07) is 10.8. The van der Waals surface area contributed by atoms with Crippen LogP contribution in [0.5, 0.6) is 0 Å². The second-order valence-electron chi connectivity index (χ2n) is 7.70. The molecule has 4 rings (SSSR count). The van der Waals surface area contributed by atoms with Crippen LogP contribution < -0.4 is 15.5 Å². The van der Waals surface area contributed by atoms with E-state index in [1.165, 1.54) is 22.5 Å². The van der Waals surface area contributed by atoms with Crippen molar-refractivity contribution < 1.29 is 23.5 Å². The van der Waals surface area contributed by atoms with Gasteiger partial charge >= 0.3 is 0 Å². The van der Waals surface area contributed by atoms with Crippen LogP contribution in [0.1, 0.15) is 16.2 Å². The van der Waals surface area contributed by atoms with E-state index in [2.05, 4.69) is 20.5 Å². The number of thiazole rings is 1. The molecule has 0 bridgehead atoms. The number of ether oxygens (including phenoxy) is 1. The summed E-state index contributed by atoms with van der Waals surface area (Å²) in [6.07, 6.45) is 1.43. The van der Waals surface area contributed by atoms with E-state index in [0.29, 0.717) is 29.7 Å². The van der Waals surface area contributed by atoms with Crippen LogP contribution in [0.15, 0.2) is 52.5 Å². The molecule has 1 aromatic carbocycles. The zero-order valence-electron chi connectivity index (χ0n) is 18.7. The number of carbonyl (C=O) groups is 3. The summed E-state index contributed by atoms with van der Waals surface area (Å²) in [5.41, 5.74) is 2.26. The Labute approximate surface area is 200 Å². The molecule has 3 heterocycles. The van der Waals surface area contributed by atoms with Gasteiger partial charge in [0.1, 0.15) is 0 Å². The fourth-order valence-electron chi connectivity index (χ4n) is 3.38. The molecule has 11 heteroatoms. The minimum absolute atomic E-state index is 0.0190. The summed E-state index contributed by atoms with van der Waals surface area (Å²) in [4.78, 5) is 44.8. The summed E-state index contributed by atoms with van der Waals surface area (Å²) < 4.78 is 10.4. The van der Waals surface area contributed by atoms with Crippen molar-refractivity contribution in [2.45, 2.75) is 6.42 Å². The van der Waals surface area contributed by atoms with Gasteiger partial charge in [-0.2, -0.15) is 0 Å². The molecule has 10 nitrogen and oxygen atoms in total. The Morgan fingerprint density at radius 1 is 1.12 bits per heavy atom. The van der Waals surface area contributed by atoms with E-state index < -0.39 is 5.91 Å². The predicted octanol–water partition coefficient (Wildman–Crippen LogP) is 2.46. The number of hydrogen-bond acceptors (Lipinski definition) is 8. The molecule has 3 amide bonds. The van der Waals surface area contributed by atoms with Crippen LogP contribution in [0.4, 0.5) is 16.5 Å². The van der Waals surface area contributed by atoms with Gasteiger partial charge in [0.2, 0.25) is 11.8 Å². The summed E-state index contributed by atoms with van der Waals surface area (Å²) in [7, 11) is 1.56. The van der Waals surface area contributed by atoms with Gasteiger partial charge in [-0.1, -0.05) is 0 Å². The van der Waals surface area contributed by atoms with E-state index in [9.17, 15) is 14.4 Å². The fourth-order valence-corrected chi connectivity index (χ4v) is 4.09. The predicted molar refractivity (Wildman–Crippen MR) is 128 cm³/mol. The quantitative estimate of drug-likeness (QED) is 0.505. The number of furan rings is 1. The van der Waals surface area contributed by atoms with Crippen molar-refractivity contribution in [3.05, 3.63) is 59.5 Å². The lowest BCUT2D eigenvalue weighted by molar-refractivity contribution is -0.132. The normalized spacial score (nSPS) is 13.4. The molecule has 1 aliphatic heterocycles.